The summed E-state index contributed by atoms with van der Waals surface area (Å²) < 4.78 is 13.1. The van der Waals surface area contributed by atoms with Crippen LogP contribution in [0.2, 0.25) is 0 Å². The zero-order chi connectivity index (χ0) is 39.9. The molecule has 0 fully saturated rings. The summed E-state index contributed by atoms with van der Waals surface area (Å²) in [6.45, 7) is 0. The number of hydrogen-bond acceptors (Lipinski definition) is 6. The molecule has 1 aliphatic carbocycles. The second-order valence-electron chi connectivity index (χ2n) is 13.7. The highest BCUT2D eigenvalue weighted by Gasteiger charge is 2.39. The molecular weight excluding hydrogens is 725 g/mol. The zero-order valence-corrected chi connectivity index (χ0v) is 31.2. The smallest absolute Gasteiger partial charge is 0.269 e. The molecule has 0 bridgehead atoms. The van der Waals surface area contributed by atoms with E-state index in [4.69, 9.17) is 9.47 Å². The molecule has 1 aliphatic rings. The van der Waals surface area contributed by atoms with Gasteiger partial charge in [-0.05, 0) is 87.0 Å². The molecule has 0 radical (unpaired) electrons. The topological polar surface area (TPSA) is 105 Å². The summed E-state index contributed by atoms with van der Waals surface area (Å²) in [5.74, 6) is 1.60. The van der Waals surface area contributed by atoms with E-state index in [1.807, 2.05) is 78.9 Å². The van der Waals surface area contributed by atoms with Gasteiger partial charge >= 0.3 is 0 Å². The number of nitro groups is 2. The van der Waals surface area contributed by atoms with Gasteiger partial charge in [-0.3, -0.25) is 20.2 Å². The molecule has 0 aromatic heterocycles. The van der Waals surface area contributed by atoms with Crippen LogP contribution >= 0.6 is 0 Å². The van der Waals surface area contributed by atoms with Gasteiger partial charge in [0.1, 0.15) is 17.2 Å². The van der Waals surface area contributed by atoms with Crippen molar-refractivity contribution < 1.29 is 19.3 Å². The Bertz CT molecular complexity index is 2600. The highest BCUT2D eigenvalue weighted by Crippen LogP contribution is 2.47. The minimum absolute atomic E-state index is 0.000504. The van der Waals surface area contributed by atoms with E-state index in [2.05, 4.69) is 78.9 Å². The highest BCUT2D eigenvalue weighted by molar-refractivity contribution is 6.03. The predicted molar refractivity (Wildman–Crippen MR) is 228 cm³/mol. The number of rotatable bonds is 12. The fourth-order valence-corrected chi connectivity index (χ4v) is 7.21. The molecule has 0 saturated heterocycles. The lowest BCUT2D eigenvalue weighted by Crippen LogP contribution is -2.37. The maximum Gasteiger partial charge on any atom is 0.269 e. The van der Waals surface area contributed by atoms with E-state index in [1.165, 1.54) is 24.3 Å². The normalized spacial score (nSPS) is 14.5. The molecule has 8 rings (SSSR count). The van der Waals surface area contributed by atoms with Gasteiger partial charge < -0.3 is 9.47 Å². The van der Waals surface area contributed by atoms with Crippen LogP contribution in [-0.2, 0) is 0 Å². The van der Waals surface area contributed by atoms with Crippen LogP contribution in [0.4, 0.5) is 11.4 Å². The number of non-ortho nitro benzene ring substituents is 2. The van der Waals surface area contributed by atoms with E-state index in [1.54, 1.807) is 24.3 Å². The minimum atomic E-state index is -1.05. The standard InChI is InChI=1S/C50H36N2O6/c53-51(54)43-22-28-46(29-23-43)57-45-26-20-38(21-27-45)37-16-18-42(19-17-37)49(48(40-12-6-2-7-13-40)41-14-8-3-9-15-41)50(58-47-30-24-44(25-31-47)52(55)56)34-32-39(33-35-50)36-10-4-1-5-11-36/h1-34H,35H2. The Labute approximate surface area is 335 Å². The van der Waals surface area contributed by atoms with Crippen molar-refractivity contribution in [2.45, 2.75) is 12.0 Å². The third kappa shape index (κ3) is 8.08. The summed E-state index contributed by atoms with van der Waals surface area (Å²) in [4.78, 5) is 21.8. The number of benzene rings is 7. The van der Waals surface area contributed by atoms with Gasteiger partial charge in [0.15, 0.2) is 5.60 Å². The average Bonchev–Trinajstić information content (AvgIpc) is 3.27. The Hall–Kier alpha value is -7.84. The van der Waals surface area contributed by atoms with Crippen molar-refractivity contribution in [3.63, 3.8) is 0 Å². The zero-order valence-electron chi connectivity index (χ0n) is 31.2. The molecule has 0 aliphatic heterocycles. The van der Waals surface area contributed by atoms with Gasteiger partial charge in [0.05, 0.1) is 9.85 Å². The van der Waals surface area contributed by atoms with Crippen molar-refractivity contribution in [3.8, 4) is 28.4 Å². The quantitative estimate of drug-likeness (QED) is 0.0697. The Balaban J connectivity index is 1.24. The maximum absolute atomic E-state index is 11.6. The number of hydrogen-bond donors (Lipinski definition) is 0. The number of nitrogens with zero attached hydrogens (tertiary/aromatic N) is 2. The van der Waals surface area contributed by atoms with Crippen molar-refractivity contribution in [3.05, 3.63) is 249 Å². The lowest BCUT2D eigenvalue weighted by molar-refractivity contribution is -0.385. The van der Waals surface area contributed by atoms with Crippen molar-refractivity contribution in [1.29, 1.82) is 0 Å². The molecule has 0 N–H and O–H groups in total. The van der Waals surface area contributed by atoms with Crippen LogP contribution in [0.15, 0.2) is 206 Å². The first kappa shape index (κ1) is 37.1. The number of ether oxygens (including phenoxy) is 2. The van der Waals surface area contributed by atoms with Gasteiger partial charge in [-0.1, -0.05) is 140 Å². The van der Waals surface area contributed by atoms with Gasteiger partial charge in [-0.25, -0.2) is 0 Å². The van der Waals surface area contributed by atoms with Crippen LogP contribution in [0.1, 0.15) is 28.7 Å². The van der Waals surface area contributed by atoms with Crippen molar-refractivity contribution in [2.75, 3.05) is 0 Å². The van der Waals surface area contributed by atoms with Crippen molar-refractivity contribution >= 4 is 28.1 Å². The molecule has 58 heavy (non-hydrogen) atoms. The fourth-order valence-electron chi connectivity index (χ4n) is 7.21. The Kier molecular flexibility index (Phi) is 10.5. The Morgan fingerprint density at radius 3 is 1.40 bits per heavy atom. The van der Waals surface area contributed by atoms with Gasteiger partial charge in [0.2, 0.25) is 0 Å². The Morgan fingerprint density at radius 1 is 0.483 bits per heavy atom. The second kappa shape index (κ2) is 16.5. The van der Waals surface area contributed by atoms with E-state index in [0.717, 1.165) is 50.1 Å². The maximum atomic E-state index is 11.6. The molecule has 1 unspecified atom stereocenters. The molecule has 282 valence electrons. The highest BCUT2D eigenvalue weighted by atomic mass is 16.6. The van der Waals surface area contributed by atoms with Crippen molar-refractivity contribution in [2.24, 2.45) is 0 Å². The molecule has 0 heterocycles. The first-order valence-electron chi connectivity index (χ1n) is 18.7. The molecule has 7 aromatic carbocycles. The lowest BCUT2D eigenvalue weighted by Gasteiger charge is -2.38. The van der Waals surface area contributed by atoms with E-state index < -0.39 is 15.4 Å². The third-order valence-corrected chi connectivity index (χ3v) is 10.1. The predicted octanol–water partition coefficient (Wildman–Crippen LogP) is 12.8. The summed E-state index contributed by atoms with van der Waals surface area (Å²) in [5, 5.41) is 22.7. The summed E-state index contributed by atoms with van der Waals surface area (Å²) in [6, 6.07) is 59.1. The van der Waals surface area contributed by atoms with Crippen LogP contribution < -0.4 is 9.47 Å². The summed E-state index contributed by atoms with van der Waals surface area (Å²) >= 11 is 0. The van der Waals surface area contributed by atoms with E-state index >= 15 is 0 Å². The van der Waals surface area contributed by atoms with Crippen LogP contribution in [0.25, 0.3) is 27.8 Å². The van der Waals surface area contributed by atoms with Gasteiger partial charge in [0, 0.05) is 36.3 Å². The largest absolute Gasteiger partial charge is 0.478 e. The molecule has 7 aromatic rings. The summed E-state index contributed by atoms with van der Waals surface area (Å²) in [5.41, 5.74) is 7.94. The van der Waals surface area contributed by atoms with Crippen LogP contribution in [-0.4, -0.2) is 15.4 Å². The van der Waals surface area contributed by atoms with Gasteiger partial charge in [-0.2, -0.15) is 0 Å². The van der Waals surface area contributed by atoms with Gasteiger partial charge in [-0.15, -0.1) is 0 Å². The van der Waals surface area contributed by atoms with E-state index in [-0.39, 0.29) is 11.4 Å². The molecule has 1 atom stereocenters. The average molecular weight is 761 g/mol. The summed E-state index contributed by atoms with van der Waals surface area (Å²) in [7, 11) is 0. The number of nitro benzene ring substituents is 2. The molecule has 0 spiro atoms. The molecule has 8 nitrogen and oxygen atoms in total. The Morgan fingerprint density at radius 2 is 0.931 bits per heavy atom. The fraction of sp³-hybridized carbons (Fsp3) is 0.0400. The summed E-state index contributed by atoms with van der Waals surface area (Å²) in [6.07, 6.45) is 6.90. The van der Waals surface area contributed by atoms with Gasteiger partial charge in [0.25, 0.3) is 11.4 Å². The van der Waals surface area contributed by atoms with E-state index in [9.17, 15) is 20.2 Å². The van der Waals surface area contributed by atoms with Crippen LogP contribution in [0.5, 0.6) is 17.2 Å². The minimum Gasteiger partial charge on any atom is -0.478 e. The van der Waals surface area contributed by atoms with Crippen molar-refractivity contribution in [1.82, 2.24) is 0 Å². The SMILES string of the molecule is O=[N+]([O-])c1ccc(Oc2ccc(-c3ccc(C(=C(c4ccccc4)c4ccccc4)C4(Oc5ccc([N+](=O)[O-])cc5)C=CC(c5ccccc5)=CC4)cc3)cc2)cc1. The molecule has 8 heteroatoms. The first-order chi connectivity index (χ1) is 28.3. The number of allylic oxidation sites excluding steroid dienone is 2. The molecule has 0 amide bonds. The lowest BCUT2D eigenvalue weighted by atomic mass is 9.75. The monoisotopic (exact) mass is 760 g/mol. The second-order valence-corrected chi connectivity index (χ2v) is 13.7. The van der Waals surface area contributed by atoms with Crippen LogP contribution in [0.3, 0.4) is 0 Å². The van der Waals surface area contributed by atoms with Crippen LogP contribution in [0, 0.1) is 20.2 Å². The van der Waals surface area contributed by atoms with E-state index in [0.29, 0.717) is 23.7 Å². The third-order valence-electron chi connectivity index (χ3n) is 10.1. The molecular formula is C50H36N2O6. The molecule has 0 saturated carbocycles. The first-order valence-corrected chi connectivity index (χ1v) is 18.7.